The van der Waals surface area contributed by atoms with E-state index in [2.05, 4.69) is 20.9 Å². The highest BCUT2D eigenvalue weighted by atomic mass is 16.5. The van der Waals surface area contributed by atoms with Crippen LogP contribution in [0.5, 0.6) is 0 Å². The molecule has 1 aliphatic carbocycles. The van der Waals surface area contributed by atoms with Crippen LogP contribution in [0.4, 0.5) is 4.79 Å². The van der Waals surface area contributed by atoms with Gasteiger partial charge >= 0.3 is 6.09 Å². The number of Topliss-reactive ketones (excluding diaryl/α,β-unsaturated/α-hetero) is 1. The van der Waals surface area contributed by atoms with Crippen molar-refractivity contribution in [2.75, 3.05) is 13.2 Å². The highest BCUT2D eigenvalue weighted by molar-refractivity contribution is 6.37. The molecule has 1 fully saturated rings. The molecule has 0 radical (unpaired) electrons. The summed E-state index contributed by atoms with van der Waals surface area (Å²) in [7, 11) is 0. The molecule has 0 unspecified atom stereocenters. The summed E-state index contributed by atoms with van der Waals surface area (Å²) in [6.07, 6.45) is 3.50. The first-order valence-corrected chi connectivity index (χ1v) is 9.79. The van der Waals surface area contributed by atoms with Gasteiger partial charge in [0, 0.05) is 24.4 Å². The van der Waals surface area contributed by atoms with E-state index in [0.717, 1.165) is 18.5 Å². The van der Waals surface area contributed by atoms with Gasteiger partial charge in [0.2, 0.25) is 11.7 Å². The molecule has 1 atom stereocenters. The summed E-state index contributed by atoms with van der Waals surface area (Å²) in [5.74, 6) is -1.83. The Morgan fingerprint density at radius 2 is 1.97 bits per heavy atom. The topological polar surface area (TPSA) is 126 Å². The fourth-order valence-electron chi connectivity index (χ4n) is 2.55. The molecule has 1 heterocycles. The van der Waals surface area contributed by atoms with Crippen LogP contribution < -0.4 is 16.0 Å². The summed E-state index contributed by atoms with van der Waals surface area (Å²) in [5, 5.41) is 7.52. The second-order valence-corrected chi connectivity index (χ2v) is 7.42. The van der Waals surface area contributed by atoms with Crippen molar-refractivity contribution in [1.29, 1.82) is 0 Å². The van der Waals surface area contributed by atoms with Gasteiger partial charge in [0.15, 0.2) is 0 Å². The van der Waals surface area contributed by atoms with Gasteiger partial charge in [-0.3, -0.25) is 19.4 Å². The minimum Gasteiger partial charge on any atom is -0.449 e. The van der Waals surface area contributed by atoms with Crippen molar-refractivity contribution >= 4 is 23.7 Å². The smallest absolute Gasteiger partial charge is 0.407 e. The molecule has 0 aromatic carbocycles. The predicted molar refractivity (Wildman–Crippen MR) is 105 cm³/mol. The maximum atomic E-state index is 12.4. The van der Waals surface area contributed by atoms with E-state index in [-0.39, 0.29) is 18.6 Å². The van der Waals surface area contributed by atoms with Crippen molar-refractivity contribution in [3.8, 4) is 0 Å². The third-order valence-corrected chi connectivity index (χ3v) is 4.22. The lowest BCUT2D eigenvalue weighted by Gasteiger charge is -2.19. The number of rotatable bonds is 11. The van der Waals surface area contributed by atoms with Gasteiger partial charge in [0.25, 0.3) is 5.91 Å². The zero-order valence-corrected chi connectivity index (χ0v) is 16.8. The van der Waals surface area contributed by atoms with Crippen LogP contribution in [0.3, 0.4) is 0 Å². The third-order valence-electron chi connectivity index (χ3n) is 4.22. The molecule has 1 aromatic rings. The van der Waals surface area contributed by atoms with Crippen LogP contribution in [-0.2, 0) is 25.5 Å². The number of amides is 3. The minimum absolute atomic E-state index is 0.0679. The van der Waals surface area contributed by atoms with Crippen molar-refractivity contribution in [2.45, 2.75) is 51.6 Å². The number of nitrogens with zero attached hydrogens (tertiary/aromatic N) is 1. The lowest BCUT2D eigenvalue weighted by Crippen LogP contribution is -2.50. The number of alkyl carbamates (subject to hydrolysis) is 1. The van der Waals surface area contributed by atoms with E-state index in [1.54, 1.807) is 12.3 Å². The number of carbonyl (C=O) groups excluding carboxylic acids is 4. The Labute approximate surface area is 170 Å². The van der Waals surface area contributed by atoms with Crippen molar-refractivity contribution in [3.05, 3.63) is 30.1 Å². The maximum absolute atomic E-state index is 12.4. The number of hydrogen-bond acceptors (Lipinski definition) is 6. The molecule has 2 rings (SSSR count). The number of ketones is 1. The molecule has 29 heavy (non-hydrogen) atoms. The Morgan fingerprint density at radius 3 is 2.59 bits per heavy atom. The largest absolute Gasteiger partial charge is 0.449 e. The van der Waals surface area contributed by atoms with Gasteiger partial charge in [-0.25, -0.2) is 4.79 Å². The number of aromatic nitrogens is 1. The summed E-state index contributed by atoms with van der Waals surface area (Å²) in [5.41, 5.74) is 0.791. The van der Waals surface area contributed by atoms with E-state index in [1.807, 2.05) is 26.0 Å². The fourth-order valence-corrected chi connectivity index (χ4v) is 2.55. The Bertz CT molecular complexity index is 719. The first kappa shape index (κ1) is 22.3. The molecule has 0 bridgehead atoms. The minimum atomic E-state index is -0.864. The van der Waals surface area contributed by atoms with Crippen molar-refractivity contribution < 1.29 is 23.9 Å². The second kappa shape index (κ2) is 11.1. The van der Waals surface area contributed by atoms with Crippen LogP contribution in [0.1, 0.15) is 38.8 Å². The van der Waals surface area contributed by atoms with Gasteiger partial charge in [0.05, 0.1) is 13.2 Å². The third kappa shape index (κ3) is 8.71. The number of carbonyl (C=O) groups is 4. The molecule has 158 valence electrons. The summed E-state index contributed by atoms with van der Waals surface area (Å²) in [6.45, 7) is 3.52. The second-order valence-electron chi connectivity index (χ2n) is 7.42. The van der Waals surface area contributed by atoms with E-state index >= 15 is 0 Å². The van der Waals surface area contributed by atoms with Crippen molar-refractivity contribution in [3.63, 3.8) is 0 Å². The lowest BCUT2D eigenvalue weighted by molar-refractivity contribution is -0.138. The Morgan fingerprint density at radius 1 is 1.21 bits per heavy atom. The summed E-state index contributed by atoms with van der Waals surface area (Å²) in [4.78, 5) is 52.0. The maximum Gasteiger partial charge on any atom is 0.407 e. The molecule has 0 saturated heterocycles. The zero-order chi connectivity index (χ0) is 21.2. The summed E-state index contributed by atoms with van der Waals surface area (Å²) >= 11 is 0. The average molecular weight is 404 g/mol. The first-order valence-electron chi connectivity index (χ1n) is 9.79. The molecule has 0 spiro atoms. The van der Waals surface area contributed by atoms with E-state index in [4.69, 9.17) is 4.74 Å². The molecule has 0 aliphatic heterocycles. The Kier molecular flexibility index (Phi) is 8.57. The highest BCUT2D eigenvalue weighted by Crippen LogP contribution is 2.18. The van der Waals surface area contributed by atoms with Crippen LogP contribution in [0.2, 0.25) is 0 Å². The van der Waals surface area contributed by atoms with E-state index < -0.39 is 36.3 Å². The average Bonchev–Trinajstić information content (AvgIpc) is 3.49. The van der Waals surface area contributed by atoms with E-state index in [1.165, 1.54) is 0 Å². The van der Waals surface area contributed by atoms with Gasteiger partial charge in [-0.15, -0.1) is 0 Å². The SMILES string of the molecule is CC(C)C[C@H](NC(=O)OCCc1ccccn1)C(=O)NCC(=O)C(=O)NC1CC1. The van der Waals surface area contributed by atoms with Crippen LogP contribution in [0.25, 0.3) is 0 Å². The molecular weight excluding hydrogens is 376 g/mol. The number of hydrogen-bond donors (Lipinski definition) is 3. The number of ether oxygens (including phenoxy) is 1. The molecular formula is C20H28N4O5. The Hall–Kier alpha value is -2.97. The first-order chi connectivity index (χ1) is 13.8. The summed E-state index contributed by atoms with van der Waals surface area (Å²) < 4.78 is 5.12. The van der Waals surface area contributed by atoms with Crippen LogP contribution in [0, 0.1) is 5.92 Å². The predicted octanol–water partition coefficient (Wildman–Crippen LogP) is 0.729. The van der Waals surface area contributed by atoms with E-state index in [0.29, 0.717) is 12.8 Å². The normalized spacial score (nSPS) is 14.0. The monoisotopic (exact) mass is 404 g/mol. The standard InChI is InChI=1S/C20H28N4O5/c1-13(2)11-16(18(26)22-12-17(25)19(27)23-15-6-7-15)24-20(28)29-10-8-14-5-3-4-9-21-14/h3-5,9,13,15-16H,6-8,10-12H2,1-2H3,(H,22,26)(H,23,27)(H,24,28)/t16-/m0/s1. The van der Waals surface area contributed by atoms with Crippen LogP contribution >= 0.6 is 0 Å². The highest BCUT2D eigenvalue weighted by Gasteiger charge is 2.27. The number of pyridine rings is 1. The molecule has 3 N–H and O–H groups in total. The van der Waals surface area contributed by atoms with Crippen LogP contribution in [-0.4, -0.2) is 53.9 Å². The van der Waals surface area contributed by atoms with Crippen molar-refractivity contribution in [1.82, 2.24) is 20.9 Å². The lowest BCUT2D eigenvalue weighted by atomic mass is 10.0. The van der Waals surface area contributed by atoms with Crippen LogP contribution in [0.15, 0.2) is 24.4 Å². The molecule has 1 aliphatic rings. The zero-order valence-electron chi connectivity index (χ0n) is 16.8. The van der Waals surface area contributed by atoms with Gasteiger partial charge in [-0.05, 0) is 37.3 Å². The molecule has 1 saturated carbocycles. The summed E-state index contributed by atoms with van der Waals surface area (Å²) in [6, 6.07) is 4.67. The number of nitrogens with one attached hydrogen (secondary N) is 3. The quantitative estimate of drug-likeness (QED) is 0.467. The van der Waals surface area contributed by atoms with E-state index in [9.17, 15) is 19.2 Å². The molecule has 9 heteroatoms. The van der Waals surface area contributed by atoms with Crippen molar-refractivity contribution in [2.24, 2.45) is 5.92 Å². The fraction of sp³-hybridized carbons (Fsp3) is 0.550. The van der Waals surface area contributed by atoms with Gasteiger partial charge < -0.3 is 20.7 Å². The Balaban J connectivity index is 1.76. The van der Waals surface area contributed by atoms with Gasteiger partial charge in [-0.2, -0.15) is 0 Å². The molecule has 9 nitrogen and oxygen atoms in total. The van der Waals surface area contributed by atoms with Gasteiger partial charge in [-0.1, -0.05) is 19.9 Å². The molecule has 3 amide bonds. The van der Waals surface area contributed by atoms with Gasteiger partial charge in [0.1, 0.15) is 6.04 Å². The molecule has 1 aromatic heterocycles.